The average molecular weight is 303 g/mol. The smallest absolute Gasteiger partial charge is 0.240 e. The summed E-state index contributed by atoms with van der Waals surface area (Å²) in [4.78, 5) is 16.1. The Hall–Kier alpha value is -2.34. The van der Waals surface area contributed by atoms with Crippen molar-refractivity contribution in [2.75, 3.05) is 13.2 Å². The first-order valence-electron chi connectivity index (χ1n) is 7.21. The maximum absolute atomic E-state index is 11.8. The van der Waals surface area contributed by atoms with E-state index in [0.717, 1.165) is 5.56 Å². The van der Waals surface area contributed by atoms with Gasteiger partial charge in [0, 0.05) is 18.0 Å². The van der Waals surface area contributed by atoms with Gasteiger partial charge in [-0.1, -0.05) is 26.0 Å². The summed E-state index contributed by atoms with van der Waals surface area (Å²) in [5.41, 5.74) is 6.36. The van der Waals surface area contributed by atoms with Crippen LogP contribution >= 0.6 is 0 Å². The number of aliphatic hydroxyl groups excluding tert-OH is 1. The zero-order valence-corrected chi connectivity index (χ0v) is 12.8. The van der Waals surface area contributed by atoms with Crippen LogP contribution in [0.3, 0.4) is 0 Å². The molecular weight excluding hydrogens is 282 g/mol. The Kier molecular flexibility index (Phi) is 5.16. The molecule has 2 aromatic rings. The summed E-state index contributed by atoms with van der Waals surface area (Å²) in [5.74, 6) is 0.967. The number of primary amides is 1. The summed E-state index contributed by atoms with van der Waals surface area (Å²) in [6, 6.07) is 6.91. The van der Waals surface area contributed by atoms with Crippen LogP contribution in [0.1, 0.15) is 19.9 Å². The second kappa shape index (κ2) is 7.09. The molecule has 6 nitrogen and oxygen atoms in total. The SMILES string of the molecule is CC(C)[C@@H](C(N)=O)n1ccnc1-c1cccc(OCCO)c1. The van der Waals surface area contributed by atoms with Crippen molar-refractivity contribution in [3.63, 3.8) is 0 Å². The van der Waals surface area contributed by atoms with E-state index in [1.54, 1.807) is 23.0 Å². The van der Waals surface area contributed by atoms with E-state index in [2.05, 4.69) is 4.98 Å². The van der Waals surface area contributed by atoms with Crippen LogP contribution in [0.15, 0.2) is 36.7 Å². The van der Waals surface area contributed by atoms with Crippen LogP contribution in [0.4, 0.5) is 0 Å². The van der Waals surface area contributed by atoms with Gasteiger partial charge in [-0.25, -0.2) is 4.98 Å². The summed E-state index contributed by atoms with van der Waals surface area (Å²) in [6.07, 6.45) is 3.40. The van der Waals surface area contributed by atoms with Crippen LogP contribution in [-0.2, 0) is 4.79 Å². The Labute approximate surface area is 129 Å². The van der Waals surface area contributed by atoms with Crippen molar-refractivity contribution in [1.29, 1.82) is 0 Å². The first-order chi connectivity index (χ1) is 10.5. The molecule has 2 rings (SSSR count). The Balaban J connectivity index is 2.38. The molecule has 0 saturated carbocycles. The lowest BCUT2D eigenvalue weighted by atomic mass is 10.0. The van der Waals surface area contributed by atoms with Crippen LogP contribution < -0.4 is 10.5 Å². The third-order valence-corrected chi connectivity index (χ3v) is 3.34. The van der Waals surface area contributed by atoms with Gasteiger partial charge in [0.25, 0.3) is 0 Å². The highest BCUT2D eigenvalue weighted by atomic mass is 16.5. The standard InChI is InChI=1S/C16H21N3O3/c1-11(2)14(15(17)21)19-7-6-18-16(19)12-4-3-5-13(10-12)22-9-8-20/h3-7,10-11,14,20H,8-9H2,1-2H3,(H2,17,21)/t14-/m0/s1. The van der Waals surface area contributed by atoms with Crippen LogP contribution in [-0.4, -0.2) is 33.8 Å². The molecule has 6 heteroatoms. The lowest BCUT2D eigenvalue weighted by Crippen LogP contribution is -2.30. The number of rotatable bonds is 7. The number of nitrogens with zero attached hydrogens (tertiary/aromatic N) is 2. The third kappa shape index (κ3) is 3.46. The van der Waals surface area contributed by atoms with Gasteiger partial charge in [-0.15, -0.1) is 0 Å². The molecule has 1 atom stereocenters. The summed E-state index contributed by atoms with van der Waals surface area (Å²) >= 11 is 0. The monoisotopic (exact) mass is 303 g/mol. The van der Waals surface area contributed by atoms with Gasteiger partial charge in [-0.2, -0.15) is 0 Å². The molecule has 0 bridgehead atoms. The van der Waals surface area contributed by atoms with Crippen LogP contribution in [0.25, 0.3) is 11.4 Å². The molecule has 1 heterocycles. The highest BCUT2D eigenvalue weighted by molar-refractivity contribution is 5.79. The van der Waals surface area contributed by atoms with Crippen molar-refractivity contribution in [1.82, 2.24) is 9.55 Å². The van der Waals surface area contributed by atoms with Gasteiger partial charge in [0.05, 0.1) is 6.61 Å². The number of amides is 1. The highest BCUT2D eigenvalue weighted by Gasteiger charge is 2.24. The number of hydrogen-bond donors (Lipinski definition) is 2. The molecule has 0 fully saturated rings. The fourth-order valence-corrected chi connectivity index (χ4v) is 2.44. The number of nitrogens with two attached hydrogens (primary N) is 1. The lowest BCUT2D eigenvalue weighted by Gasteiger charge is -2.21. The number of aliphatic hydroxyl groups is 1. The fourth-order valence-electron chi connectivity index (χ4n) is 2.44. The number of carbonyl (C=O) groups excluding carboxylic acids is 1. The minimum atomic E-state index is -0.459. The second-order valence-corrected chi connectivity index (χ2v) is 5.35. The summed E-state index contributed by atoms with van der Waals surface area (Å²) < 4.78 is 7.20. The number of ether oxygens (including phenoxy) is 1. The number of aromatic nitrogens is 2. The number of benzene rings is 1. The molecular formula is C16H21N3O3. The summed E-state index contributed by atoms with van der Waals surface area (Å²) in [7, 11) is 0. The zero-order chi connectivity index (χ0) is 16.1. The van der Waals surface area contributed by atoms with Crippen molar-refractivity contribution in [2.24, 2.45) is 11.7 Å². The van der Waals surface area contributed by atoms with Gasteiger partial charge in [-0.3, -0.25) is 4.79 Å². The van der Waals surface area contributed by atoms with E-state index in [4.69, 9.17) is 15.6 Å². The van der Waals surface area contributed by atoms with Crippen molar-refractivity contribution >= 4 is 5.91 Å². The van der Waals surface area contributed by atoms with Gasteiger partial charge in [0.1, 0.15) is 24.2 Å². The van der Waals surface area contributed by atoms with Crippen molar-refractivity contribution < 1.29 is 14.6 Å². The Morgan fingerprint density at radius 3 is 2.86 bits per heavy atom. The Morgan fingerprint density at radius 1 is 1.45 bits per heavy atom. The molecule has 0 aliphatic carbocycles. The predicted molar refractivity (Wildman–Crippen MR) is 83.3 cm³/mol. The lowest BCUT2D eigenvalue weighted by molar-refractivity contribution is -0.122. The maximum atomic E-state index is 11.8. The molecule has 0 saturated heterocycles. The number of imidazole rings is 1. The highest BCUT2D eigenvalue weighted by Crippen LogP contribution is 2.27. The first kappa shape index (κ1) is 16.0. The molecule has 0 spiro atoms. The summed E-state index contributed by atoms with van der Waals surface area (Å²) in [6.45, 7) is 4.07. The van der Waals surface area contributed by atoms with E-state index in [9.17, 15) is 4.79 Å². The van der Waals surface area contributed by atoms with E-state index in [1.165, 1.54) is 0 Å². The molecule has 0 unspecified atom stereocenters. The molecule has 22 heavy (non-hydrogen) atoms. The zero-order valence-electron chi connectivity index (χ0n) is 12.8. The van der Waals surface area contributed by atoms with E-state index in [-0.39, 0.29) is 25.0 Å². The van der Waals surface area contributed by atoms with Crippen LogP contribution in [0.2, 0.25) is 0 Å². The minimum Gasteiger partial charge on any atom is -0.491 e. The van der Waals surface area contributed by atoms with Gasteiger partial charge in [-0.05, 0) is 18.1 Å². The molecule has 0 radical (unpaired) electrons. The normalized spacial score (nSPS) is 12.4. The summed E-state index contributed by atoms with van der Waals surface area (Å²) in [5, 5.41) is 8.83. The number of hydrogen-bond acceptors (Lipinski definition) is 4. The number of carbonyl (C=O) groups is 1. The molecule has 3 N–H and O–H groups in total. The van der Waals surface area contributed by atoms with E-state index < -0.39 is 6.04 Å². The van der Waals surface area contributed by atoms with Crippen molar-refractivity contribution in [3.8, 4) is 17.1 Å². The Morgan fingerprint density at radius 2 is 2.23 bits per heavy atom. The predicted octanol–water partition coefficient (Wildman–Crippen LogP) is 1.60. The quantitative estimate of drug-likeness (QED) is 0.813. The molecule has 0 aliphatic heterocycles. The average Bonchev–Trinajstić information content (AvgIpc) is 2.93. The van der Waals surface area contributed by atoms with Crippen molar-refractivity contribution in [3.05, 3.63) is 36.7 Å². The molecule has 0 aliphatic rings. The van der Waals surface area contributed by atoms with E-state index >= 15 is 0 Å². The topological polar surface area (TPSA) is 90.4 Å². The molecule has 1 aromatic carbocycles. The fraction of sp³-hybridized carbons (Fsp3) is 0.375. The van der Waals surface area contributed by atoms with E-state index in [0.29, 0.717) is 11.6 Å². The second-order valence-electron chi connectivity index (χ2n) is 5.35. The molecule has 1 amide bonds. The van der Waals surface area contributed by atoms with Crippen LogP contribution in [0.5, 0.6) is 5.75 Å². The van der Waals surface area contributed by atoms with Gasteiger partial charge in [0.15, 0.2) is 0 Å². The third-order valence-electron chi connectivity index (χ3n) is 3.34. The first-order valence-corrected chi connectivity index (χ1v) is 7.21. The Bertz CT molecular complexity index is 637. The molecule has 1 aromatic heterocycles. The maximum Gasteiger partial charge on any atom is 0.240 e. The van der Waals surface area contributed by atoms with E-state index in [1.807, 2.05) is 32.0 Å². The largest absolute Gasteiger partial charge is 0.491 e. The van der Waals surface area contributed by atoms with Gasteiger partial charge < -0.3 is 20.1 Å². The minimum absolute atomic E-state index is 0.0457. The van der Waals surface area contributed by atoms with Crippen molar-refractivity contribution in [2.45, 2.75) is 19.9 Å². The van der Waals surface area contributed by atoms with Crippen LogP contribution in [0, 0.1) is 5.92 Å². The van der Waals surface area contributed by atoms with Gasteiger partial charge >= 0.3 is 0 Å². The molecule has 118 valence electrons. The van der Waals surface area contributed by atoms with Gasteiger partial charge in [0.2, 0.25) is 5.91 Å².